The summed E-state index contributed by atoms with van der Waals surface area (Å²) in [6.45, 7) is 9.39. The molecule has 0 saturated heterocycles. The number of amides is 1. The Morgan fingerprint density at radius 2 is 1.68 bits per heavy atom. The lowest BCUT2D eigenvalue weighted by Gasteiger charge is -2.21. The second kappa shape index (κ2) is 12.8. The summed E-state index contributed by atoms with van der Waals surface area (Å²) in [6, 6.07) is 13.2. The first-order chi connectivity index (χ1) is 23.9. The molecule has 1 N–H and O–H groups in total. The quantitative estimate of drug-likeness (QED) is 0.159. The number of carboxylic acids is 1. The summed E-state index contributed by atoms with van der Waals surface area (Å²) in [5.74, 6) is -0.489. The van der Waals surface area contributed by atoms with Crippen molar-refractivity contribution in [2.45, 2.75) is 53.5 Å². The summed E-state index contributed by atoms with van der Waals surface area (Å²) in [5.41, 5.74) is 9.11. The Morgan fingerprint density at radius 3 is 2.36 bits per heavy atom. The Balaban J connectivity index is 1.37. The van der Waals surface area contributed by atoms with Crippen molar-refractivity contribution < 1.29 is 19.4 Å². The highest BCUT2D eigenvalue weighted by atomic mass is 35.5. The molecular formula is C38H38Cl2N6O4. The Bertz CT molecular complexity index is 2350. The van der Waals surface area contributed by atoms with Crippen molar-refractivity contribution in [1.82, 2.24) is 24.1 Å². The van der Waals surface area contributed by atoms with Crippen LogP contribution in [-0.4, -0.2) is 54.3 Å². The molecule has 1 amide bonds. The lowest BCUT2D eigenvalue weighted by atomic mass is 9.98. The summed E-state index contributed by atoms with van der Waals surface area (Å²) in [4.78, 5) is 28.9. The molecule has 1 aliphatic rings. The third-order valence-electron chi connectivity index (χ3n) is 9.83. The number of nitrogens with zero attached hydrogens (tertiary/aromatic N) is 6. The fourth-order valence-corrected chi connectivity index (χ4v) is 7.89. The second-order valence-electron chi connectivity index (χ2n) is 13.1. The molecule has 258 valence electrons. The number of hydrogen-bond donors (Lipinski definition) is 1. The number of fused-ring (bicyclic) bond motifs is 4. The van der Waals surface area contributed by atoms with Crippen LogP contribution in [0.2, 0.25) is 10.0 Å². The van der Waals surface area contributed by atoms with Gasteiger partial charge in [-0.1, -0.05) is 41.4 Å². The van der Waals surface area contributed by atoms with Gasteiger partial charge >= 0.3 is 5.97 Å². The Labute approximate surface area is 299 Å². The van der Waals surface area contributed by atoms with E-state index >= 15 is 0 Å². The Kier molecular flexibility index (Phi) is 8.64. The predicted molar refractivity (Wildman–Crippen MR) is 197 cm³/mol. The number of ether oxygens (including phenoxy) is 1. The van der Waals surface area contributed by atoms with Crippen LogP contribution in [0.5, 0.6) is 5.75 Å². The van der Waals surface area contributed by atoms with Crippen molar-refractivity contribution in [2.24, 2.45) is 14.1 Å². The van der Waals surface area contributed by atoms with Crippen LogP contribution in [0.4, 0.5) is 5.69 Å². The van der Waals surface area contributed by atoms with Crippen LogP contribution in [-0.2, 0) is 27.1 Å². The topological polar surface area (TPSA) is 107 Å². The van der Waals surface area contributed by atoms with Gasteiger partial charge in [0.1, 0.15) is 17.0 Å². The minimum absolute atomic E-state index is 0.0755. The van der Waals surface area contributed by atoms with Crippen LogP contribution in [0.15, 0.2) is 42.5 Å². The number of hydrogen-bond acceptors (Lipinski definition) is 5. The lowest BCUT2D eigenvalue weighted by Crippen LogP contribution is -2.32. The molecule has 0 spiro atoms. The number of aryl methyl sites for hydroxylation is 7. The van der Waals surface area contributed by atoms with Crippen molar-refractivity contribution >= 4 is 62.6 Å². The molecule has 0 atom stereocenters. The summed E-state index contributed by atoms with van der Waals surface area (Å²) in [7, 11) is 3.53. The molecule has 0 fully saturated rings. The standard InChI is InChI=1S/C38H38Cl2N6O4/c1-20-18-24(19-21(2)32(20)40)50-17-8-11-25-26-13-14-28(39)31(30-22(3)41-43(5)23(30)4)34(26)46-16-9-15-45(37(47)35(25)46)29-12-7-10-27-33(29)42-44(6)36(27)38(48)49/h7,10,12-14,18-19H,8-9,11,15-17H2,1-6H3,(H,48,49). The molecule has 0 unspecified atom stereocenters. The van der Waals surface area contributed by atoms with Gasteiger partial charge in [-0.2, -0.15) is 10.2 Å². The first-order valence-corrected chi connectivity index (χ1v) is 17.4. The van der Waals surface area contributed by atoms with Gasteiger partial charge in [-0.25, -0.2) is 4.79 Å². The third-order valence-corrected chi connectivity index (χ3v) is 10.7. The molecule has 0 bridgehead atoms. The lowest BCUT2D eigenvalue weighted by molar-refractivity contribution is 0.0687. The van der Waals surface area contributed by atoms with Crippen molar-refractivity contribution in [3.8, 4) is 16.9 Å². The van der Waals surface area contributed by atoms with Crippen LogP contribution in [0.3, 0.4) is 0 Å². The molecule has 7 rings (SSSR count). The number of aromatic carboxylic acids is 1. The second-order valence-corrected chi connectivity index (χ2v) is 13.8. The SMILES string of the molecule is Cc1cc(OCCCc2c3n(c4c(-c5c(C)nn(C)c5C)c(Cl)ccc24)CCCN(c2cccc4c(C(=O)O)n(C)nc24)C3=O)cc(C)c1Cl. The monoisotopic (exact) mass is 712 g/mol. The van der Waals surface area contributed by atoms with Gasteiger partial charge in [0.15, 0.2) is 5.69 Å². The molecule has 4 heterocycles. The van der Waals surface area contributed by atoms with Crippen molar-refractivity contribution in [2.75, 3.05) is 18.1 Å². The van der Waals surface area contributed by atoms with Gasteiger partial charge in [-0.15, -0.1) is 0 Å². The zero-order chi connectivity index (χ0) is 35.6. The zero-order valence-electron chi connectivity index (χ0n) is 28.9. The number of benzene rings is 3. The number of anilines is 1. The molecule has 12 heteroatoms. The molecule has 3 aromatic heterocycles. The summed E-state index contributed by atoms with van der Waals surface area (Å²) < 4.78 is 11.5. The van der Waals surface area contributed by atoms with E-state index in [-0.39, 0.29) is 11.6 Å². The van der Waals surface area contributed by atoms with Gasteiger partial charge in [-0.3, -0.25) is 14.2 Å². The van der Waals surface area contributed by atoms with E-state index in [0.29, 0.717) is 66.3 Å². The largest absolute Gasteiger partial charge is 0.494 e. The van der Waals surface area contributed by atoms with Gasteiger partial charge in [0, 0.05) is 59.8 Å². The van der Waals surface area contributed by atoms with E-state index in [4.69, 9.17) is 33.0 Å². The predicted octanol–water partition coefficient (Wildman–Crippen LogP) is 8.23. The maximum absolute atomic E-state index is 15.0. The maximum Gasteiger partial charge on any atom is 0.354 e. The van der Waals surface area contributed by atoms with Crippen molar-refractivity contribution in [3.05, 3.63) is 92.0 Å². The number of carboxylic acid groups (broad SMARTS) is 1. The van der Waals surface area contributed by atoms with Crippen LogP contribution < -0.4 is 9.64 Å². The van der Waals surface area contributed by atoms with Crippen LogP contribution in [0, 0.1) is 27.7 Å². The number of rotatable bonds is 8. The first-order valence-electron chi connectivity index (χ1n) is 16.6. The van der Waals surface area contributed by atoms with E-state index in [2.05, 4.69) is 9.67 Å². The van der Waals surface area contributed by atoms with Gasteiger partial charge in [0.05, 0.1) is 28.5 Å². The number of carbonyl (C=O) groups is 2. The average molecular weight is 714 g/mol. The van der Waals surface area contributed by atoms with Gasteiger partial charge in [-0.05, 0) is 87.9 Å². The summed E-state index contributed by atoms with van der Waals surface area (Å²) in [6.07, 6.45) is 1.89. The Hall–Kier alpha value is -4.80. The first kappa shape index (κ1) is 33.7. The zero-order valence-corrected chi connectivity index (χ0v) is 30.4. The smallest absolute Gasteiger partial charge is 0.354 e. The highest BCUT2D eigenvalue weighted by molar-refractivity contribution is 6.35. The van der Waals surface area contributed by atoms with Crippen LogP contribution in [0.25, 0.3) is 32.9 Å². The number of carbonyl (C=O) groups excluding carboxylic acids is 1. The number of halogens is 2. The average Bonchev–Trinajstić information content (AvgIpc) is 3.62. The molecule has 1 aliphatic heterocycles. The Morgan fingerprint density at radius 1 is 0.940 bits per heavy atom. The van der Waals surface area contributed by atoms with E-state index in [1.165, 1.54) is 4.68 Å². The number of aromatic nitrogens is 5. The molecule has 0 aliphatic carbocycles. The molecule has 0 radical (unpaired) electrons. The van der Waals surface area contributed by atoms with Gasteiger partial charge < -0.3 is 19.3 Å². The molecule has 50 heavy (non-hydrogen) atoms. The third kappa shape index (κ3) is 5.41. The molecule has 0 saturated carbocycles. The molecule has 3 aromatic carbocycles. The van der Waals surface area contributed by atoms with Gasteiger partial charge in [0.2, 0.25) is 0 Å². The van der Waals surface area contributed by atoms with E-state index in [9.17, 15) is 14.7 Å². The summed E-state index contributed by atoms with van der Waals surface area (Å²) in [5, 5.41) is 22.0. The van der Waals surface area contributed by atoms with E-state index in [1.54, 1.807) is 24.1 Å². The normalized spacial score (nSPS) is 13.4. The summed E-state index contributed by atoms with van der Waals surface area (Å²) >= 11 is 13.4. The van der Waals surface area contributed by atoms with E-state index in [0.717, 1.165) is 60.9 Å². The molecule has 6 aromatic rings. The van der Waals surface area contributed by atoms with Crippen LogP contribution >= 0.6 is 23.2 Å². The van der Waals surface area contributed by atoms with Crippen molar-refractivity contribution in [3.63, 3.8) is 0 Å². The molecule has 10 nitrogen and oxygen atoms in total. The highest BCUT2D eigenvalue weighted by Gasteiger charge is 2.33. The maximum atomic E-state index is 15.0. The molecular weight excluding hydrogens is 675 g/mol. The highest BCUT2D eigenvalue weighted by Crippen LogP contribution is 2.43. The minimum Gasteiger partial charge on any atom is -0.494 e. The minimum atomic E-state index is -1.08. The van der Waals surface area contributed by atoms with Crippen molar-refractivity contribution in [1.29, 1.82) is 0 Å². The van der Waals surface area contributed by atoms with E-state index in [1.807, 2.05) is 69.8 Å². The van der Waals surface area contributed by atoms with Crippen LogP contribution in [0.1, 0.15) is 61.9 Å². The van der Waals surface area contributed by atoms with Gasteiger partial charge in [0.25, 0.3) is 5.91 Å². The fraction of sp³-hybridized carbons (Fsp3) is 0.316. The fourth-order valence-electron chi connectivity index (χ4n) is 7.54. The van der Waals surface area contributed by atoms with E-state index < -0.39 is 5.97 Å².